The number of ether oxygens (including phenoxy) is 1. The van der Waals surface area contributed by atoms with E-state index in [-0.39, 0.29) is 0 Å². The SMILES string of the molecule is COCCCc1nc(Cl)cc(C)c1C=O. The van der Waals surface area contributed by atoms with Crippen molar-refractivity contribution in [2.75, 3.05) is 13.7 Å². The molecule has 0 aliphatic heterocycles. The van der Waals surface area contributed by atoms with Gasteiger partial charge in [-0.05, 0) is 31.4 Å². The molecule has 3 nitrogen and oxygen atoms in total. The van der Waals surface area contributed by atoms with Crippen molar-refractivity contribution in [3.63, 3.8) is 0 Å². The smallest absolute Gasteiger partial charge is 0.152 e. The Balaban J connectivity index is 2.88. The minimum atomic E-state index is 0.436. The highest BCUT2D eigenvalue weighted by atomic mass is 35.5. The topological polar surface area (TPSA) is 39.2 Å². The number of hydrogen-bond donors (Lipinski definition) is 0. The van der Waals surface area contributed by atoms with Gasteiger partial charge in [-0.1, -0.05) is 11.6 Å². The zero-order valence-electron chi connectivity index (χ0n) is 8.92. The van der Waals surface area contributed by atoms with Gasteiger partial charge in [0, 0.05) is 19.3 Å². The van der Waals surface area contributed by atoms with Crippen LogP contribution in [0, 0.1) is 6.92 Å². The van der Waals surface area contributed by atoms with Crippen LogP contribution in [0.5, 0.6) is 0 Å². The van der Waals surface area contributed by atoms with Gasteiger partial charge in [0.1, 0.15) is 5.15 Å². The second-order valence-corrected chi connectivity index (χ2v) is 3.72. The number of nitrogens with zero attached hydrogens (tertiary/aromatic N) is 1. The third-order valence-electron chi connectivity index (χ3n) is 2.19. The highest BCUT2D eigenvalue weighted by molar-refractivity contribution is 6.29. The molecule has 0 amide bonds. The van der Waals surface area contributed by atoms with Crippen LogP contribution in [-0.2, 0) is 11.2 Å². The molecule has 82 valence electrons. The van der Waals surface area contributed by atoms with E-state index in [4.69, 9.17) is 16.3 Å². The average molecular weight is 228 g/mol. The van der Waals surface area contributed by atoms with Crippen LogP contribution in [0.3, 0.4) is 0 Å². The lowest BCUT2D eigenvalue weighted by Gasteiger charge is -2.07. The number of aromatic nitrogens is 1. The van der Waals surface area contributed by atoms with Gasteiger partial charge in [-0.2, -0.15) is 0 Å². The first-order valence-electron chi connectivity index (χ1n) is 4.79. The maximum absolute atomic E-state index is 10.9. The van der Waals surface area contributed by atoms with Gasteiger partial charge in [-0.3, -0.25) is 4.79 Å². The monoisotopic (exact) mass is 227 g/mol. The van der Waals surface area contributed by atoms with Crippen molar-refractivity contribution < 1.29 is 9.53 Å². The molecule has 0 bridgehead atoms. The summed E-state index contributed by atoms with van der Waals surface area (Å²) in [6.45, 7) is 2.52. The number of rotatable bonds is 5. The summed E-state index contributed by atoms with van der Waals surface area (Å²) in [7, 11) is 1.65. The van der Waals surface area contributed by atoms with Crippen LogP contribution in [0.25, 0.3) is 0 Å². The lowest BCUT2D eigenvalue weighted by atomic mass is 10.1. The zero-order valence-corrected chi connectivity index (χ0v) is 9.67. The molecule has 0 aliphatic carbocycles. The minimum absolute atomic E-state index is 0.436. The van der Waals surface area contributed by atoms with Gasteiger partial charge in [0.2, 0.25) is 0 Å². The van der Waals surface area contributed by atoms with Crippen molar-refractivity contribution in [3.05, 3.63) is 28.0 Å². The summed E-state index contributed by atoms with van der Waals surface area (Å²) in [6.07, 6.45) is 2.38. The molecule has 0 atom stereocenters. The highest BCUT2D eigenvalue weighted by Gasteiger charge is 2.08. The Bertz CT molecular complexity index is 353. The predicted octanol–water partition coefficient (Wildman–Crippen LogP) is 2.43. The fourth-order valence-electron chi connectivity index (χ4n) is 1.44. The number of aryl methyl sites for hydroxylation is 2. The van der Waals surface area contributed by atoms with Gasteiger partial charge < -0.3 is 4.74 Å². The molecule has 1 aromatic heterocycles. The van der Waals surface area contributed by atoms with Crippen LogP contribution in [0.4, 0.5) is 0 Å². The quantitative estimate of drug-likeness (QED) is 0.441. The van der Waals surface area contributed by atoms with E-state index in [9.17, 15) is 4.79 Å². The van der Waals surface area contributed by atoms with Gasteiger partial charge >= 0.3 is 0 Å². The molecule has 0 unspecified atom stereocenters. The first-order valence-corrected chi connectivity index (χ1v) is 5.17. The fraction of sp³-hybridized carbons (Fsp3) is 0.455. The summed E-state index contributed by atoms with van der Waals surface area (Å²) in [5.41, 5.74) is 2.28. The Kier molecular flexibility index (Phi) is 4.72. The molecular formula is C11H14ClNO2. The van der Waals surface area contributed by atoms with Crippen LogP contribution >= 0.6 is 11.6 Å². The summed E-state index contributed by atoms with van der Waals surface area (Å²) < 4.78 is 4.95. The van der Waals surface area contributed by atoms with E-state index in [0.29, 0.717) is 23.7 Å². The number of carbonyl (C=O) groups is 1. The Morgan fingerprint density at radius 1 is 1.60 bits per heavy atom. The predicted molar refractivity (Wildman–Crippen MR) is 59.6 cm³/mol. The van der Waals surface area contributed by atoms with E-state index in [0.717, 1.165) is 24.0 Å². The van der Waals surface area contributed by atoms with Crippen molar-refractivity contribution >= 4 is 17.9 Å². The van der Waals surface area contributed by atoms with Crippen molar-refractivity contribution in [1.29, 1.82) is 0 Å². The molecule has 1 heterocycles. The normalized spacial score (nSPS) is 10.3. The zero-order chi connectivity index (χ0) is 11.3. The Hall–Kier alpha value is -0.930. The lowest BCUT2D eigenvalue weighted by Crippen LogP contribution is -2.02. The molecule has 0 N–H and O–H groups in total. The lowest BCUT2D eigenvalue weighted by molar-refractivity contribution is 0.112. The number of pyridine rings is 1. The van der Waals surface area contributed by atoms with E-state index in [1.807, 2.05) is 6.92 Å². The van der Waals surface area contributed by atoms with Crippen LogP contribution in [0.2, 0.25) is 5.15 Å². The number of halogens is 1. The van der Waals surface area contributed by atoms with Gasteiger partial charge in [0.05, 0.1) is 5.69 Å². The molecule has 0 saturated heterocycles. The molecule has 0 saturated carbocycles. The molecule has 0 radical (unpaired) electrons. The van der Waals surface area contributed by atoms with E-state index < -0.39 is 0 Å². The van der Waals surface area contributed by atoms with Gasteiger partial charge in [-0.25, -0.2) is 4.98 Å². The molecule has 4 heteroatoms. The molecule has 1 aromatic rings. The summed E-state index contributed by atoms with van der Waals surface area (Å²) in [4.78, 5) is 15.0. The third-order valence-corrected chi connectivity index (χ3v) is 2.39. The van der Waals surface area contributed by atoms with Gasteiger partial charge in [0.15, 0.2) is 6.29 Å². The van der Waals surface area contributed by atoms with Crippen molar-refractivity contribution in [1.82, 2.24) is 4.98 Å². The minimum Gasteiger partial charge on any atom is -0.385 e. The number of carbonyl (C=O) groups excluding carboxylic acids is 1. The molecule has 1 rings (SSSR count). The van der Waals surface area contributed by atoms with Crippen molar-refractivity contribution in [2.45, 2.75) is 19.8 Å². The van der Waals surface area contributed by atoms with E-state index in [1.165, 1.54) is 0 Å². The second kappa shape index (κ2) is 5.83. The van der Waals surface area contributed by atoms with E-state index in [1.54, 1.807) is 13.2 Å². The summed E-state index contributed by atoms with van der Waals surface area (Å²) >= 11 is 5.83. The van der Waals surface area contributed by atoms with Crippen LogP contribution in [0.15, 0.2) is 6.07 Å². The molecule has 0 spiro atoms. The third kappa shape index (κ3) is 3.29. The second-order valence-electron chi connectivity index (χ2n) is 3.34. The van der Waals surface area contributed by atoms with Crippen molar-refractivity contribution in [3.8, 4) is 0 Å². The largest absolute Gasteiger partial charge is 0.385 e. The standard InChI is InChI=1S/C11H14ClNO2/c1-8-6-11(12)13-10(9(8)7-14)4-3-5-15-2/h6-7H,3-5H2,1-2H3. The summed E-state index contributed by atoms with van der Waals surface area (Å²) in [6, 6.07) is 1.70. The molecule has 0 aromatic carbocycles. The number of aldehydes is 1. The maximum atomic E-state index is 10.9. The van der Waals surface area contributed by atoms with Crippen LogP contribution in [-0.4, -0.2) is 25.0 Å². The van der Waals surface area contributed by atoms with Gasteiger partial charge in [0.25, 0.3) is 0 Å². The number of hydrogen-bond acceptors (Lipinski definition) is 3. The molecule has 15 heavy (non-hydrogen) atoms. The fourth-order valence-corrected chi connectivity index (χ4v) is 1.71. The average Bonchev–Trinajstić information content (AvgIpc) is 2.17. The number of methoxy groups -OCH3 is 1. The first kappa shape index (κ1) is 12.1. The Morgan fingerprint density at radius 3 is 2.93 bits per heavy atom. The Labute approximate surface area is 94.4 Å². The summed E-state index contributed by atoms with van der Waals surface area (Å²) in [5, 5.41) is 0.436. The highest BCUT2D eigenvalue weighted by Crippen LogP contribution is 2.16. The summed E-state index contributed by atoms with van der Waals surface area (Å²) in [5.74, 6) is 0. The first-order chi connectivity index (χ1) is 7.19. The molecule has 0 aliphatic rings. The van der Waals surface area contributed by atoms with Crippen LogP contribution in [0.1, 0.15) is 28.0 Å². The van der Waals surface area contributed by atoms with E-state index in [2.05, 4.69) is 4.98 Å². The molecule has 0 fully saturated rings. The van der Waals surface area contributed by atoms with Crippen LogP contribution < -0.4 is 0 Å². The van der Waals surface area contributed by atoms with E-state index >= 15 is 0 Å². The molecular weight excluding hydrogens is 214 g/mol. The maximum Gasteiger partial charge on any atom is 0.152 e. The van der Waals surface area contributed by atoms with Gasteiger partial charge in [-0.15, -0.1) is 0 Å². The Morgan fingerprint density at radius 2 is 2.33 bits per heavy atom. The van der Waals surface area contributed by atoms with Crippen molar-refractivity contribution in [2.24, 2.45) is 0 Å².